The molecule has 0 radical (unpaired) electrons. The molecule has 0 unspecified atom stereocenters. The second-order valence-corrected chi connectivity index (χ2v) is 9.76. The van der Waals surface area contributed by atoms with E-state index in [0.717, 1.165) is 0 Å². The van der Waals surface area contributed by atoms with Crippen LogP contribution in [0.4, 0.5) is 10.8 Å². The number of nitrogens with one attached hydrogen (secondary N) is 1. The molecule has 0 spiro atoms. The zero-order chi connectivity index (χ0) is 23.5. The number of anilines is 1. The first-order valence-corrected chi connectivity index (χ1v) is 11.3. The standard InChI is InChI=1S/C19H15N5O6S2/c1-11(2)32(28,29)19-22-18(31-23-19)21-17(25)13(10-20)9-15-6-7-16(30-15)12-4-3-5-14(8-12)24(26)27/h3-9,11H,1-2H3,(H,21,22,23,25)/b13-9-. The number of nitro benzene ring substituents is 1. The smallest absolute Gasteiger partial charge is 0.270 e. The first-order valence-electron chi connectivity index (χ1n) is 8.97. The van der Waals surface area contributed by atoms with Crippen molar-refractivity contribution in [3.05, 3.63) is 57.8 Å². The van der Waals surface area contributed by atoms with Crippen LogP contribution in [0.5, 0.6) is 0 Å². The molecule has 13 heteroatoms. The number of sulfone groups is 1. The number of hydrogen-bond acceptors (Lipinski definition) is 10. The van der Waals surface area contributed by atoms with Gasteiger partial charge in [-0.2, -0.15) is 14.6 Å². The zero-order valence-electron chi connectivity index (χ0n) is 16.7. The predicted octanol–water partition coefficient (Wildman–Crippen LogP) is 3.43. The highest BCUT2D eigenvalue weighted by Gasteiger charge is 2.25. The van der Waals surface area contributed by atoms with Crippen molar-refractivity contribution >= 4 is 44.2 Å². The number of carbonyl (C=O) groups excluding carboxylic acids is 1. The fourth-order valence-corrected chi connectivity index (χ4v) is 4.10. The van der Waals surface area contributed by atoms with Crippen LogP contribution in [0.2, 0.25) is 0 Å². The van der Waals surface area contributed by atoms with Crippen LogP contribution < -0.4 is 5.32 Å². The number of benzene rings is 1. The summed E-state index contributed by atoms with van der Waals surface area (Å²) in [5, 5.41) is 21.4. The minimum atomic E-state index is -3.70. The van der Waals surface area contributed by atoms with E-state index in [1.165, 1.54) is 44.2 Å². The van der Waals surface area contributed by atoms with Gasteiger partial charge in [0.05, 0.1) is 10.2 Å². The van der Waals surface area contributed by atoms with Gasteiger partial charge in [0.15, 0.2) is 0 Å². The molecule has 3 rings (SSSR count). The Kier molecular flexibility index (Phi) is 6.47. The number of nitriles is 1. The van der Waals surface area contributed by atoms with E-state index in [2.05, 4.69) is 14.7 Å². The summed E-state index contributed by atoms with van der Waals surface area (Å²) < 4.78 is 33.5. The highest BCUT2D eigenvalue weighted by molar-refractivity contribution is 7.91. The van der Waals surface area contributed by atoms with Gasteiger partial charge in [0.25, 0.3) is 16.8 Å². The Morgan fingerprint density at radius 1 is 1.34 bits per heavy atom. The Balaban J connectivity index is 1.79. The van der Waals surface area contributed by atoms with E-state index >= 15 is 0 Å². The van der Waals surface area contributed by atoms with E-state index < -0.39 is 31.1 Å². The van der Waals surface area contributed by atoms with E-state index in [0.29, 0.717) is 22.9 Å². The third-order valence-electron chi connectivity index (χ3n) is 4.12. The maximum Gasteiger partial charge on any atom is 0.270 e. The first-order chi connectivity index (χ1) is 15.1. The Hall–Kier alpha value is -3.89. The number of hydrogen-bond donors (Lipinski definition) is 1. The third kappa shape index (κ3) is 4.88. The second kappa shape index (κ2) is 9.08. The highest BCUT2D eigenvalue weighted by Crippen LogP contribution is 2.27. The summed E-state index contributed by atoms with van der Waals surface area (Å²) in [5.74, 6) is -0.353. The molecule has 0 atom stereocenters. The average Bonchev–Trinajstić information content (AvgIpc) is 3.42. The van der Waals surface area contributed by atoms with Gasteiger partial charge in [-0.05, 0) is 26.0 Å². The maximum absolute atomic E-state index is 12.4. The lowest BCUT2D eigenvalue weighted by molar-refractivity contribution is -0.384. The molecule has 0 fully saturated rings. The van der Waals surface area contributed by atoms with Crippen molar-refractivity contribution in [2.24, 2.45) is 0 Å². The summed E-state index contributed by atoms with van der Waals surface area (Å²) >= 11 is 0.674. The minimum Gasteiger partial charge on any atom is -0.457 e. The molecule has 1 N–H and O–H groups in total. The van der Waals surface area contributed by atoms with Crippen LogP contribution in [-0.4, -0.2) is 33.9 Å². The Labute approximate surface area is 186 Å². The second-order valence-electron chi connectivity index (χ2n) is 6.61. The summed E-state index contributed by atoms with van der Waals surface area (Å²) in [7, 11) is -3.70. The zero-order valence-corrected chi connectivity index (χ0v) is 18.3. The van der Waals surface area contributed by atoms with Crippen molar-refractivity contribution < 1.29 is 22.6 Å². The molecule has 0 saturated heterocycles. The Bertz CT molecular complexity index is 1360. The van der Waals surface area contributed by atoms with E-state index in [-0.39, 0.29) is 22.2 Å². The SMILES string of the molecule is CC(C)S(=O)(=O)c1nsc(NC(=O)/C(C#N)=C\c2ccc(-c3cccc([N+](=O)[O-])c3)o2)n1. The molecule has 32 heavy (non-hydrogen) atoms. The van der Waals surface area contributed by atoms with Crippen molar-refractivity contribution in [3.8, 4) is 17.4 Å². The van der Waals surface area contributed by atoms with Gasteiger partial charge in [0.2, 0.25) is 15.0 Å². The Morgan fingerprint density at radius 3 is 2.75 bits per heavy atom. The van der Waals surface area contributed by atoms with Crippen LogP contribution in [0.15, 0.2) is 51.5 Å². The number of carbonyl (C=O) groups is 1. The molecule has 0 aliphatic carbocycles. The van der Waals surface area contributed by atoms with Crippen molar-refractivity contribution in [1.29, 1.82) is 5.26 Å². The van der Waals surface area contributed by atoms with Crippen molar-refractivity contribution in [2.45, 2.75) is 24.3 Å². The normalized spacial score (nSPS) is 11.9. The minimum absolute atomic E-state index is 0.0768. The van der Waals surface area contributed by atoms with Crippen LogP contribution in [0, 0.1) is 21.4 Å². The Morgan fingerprint density at radius 2 is 2.09 bits per heavy atom. The number of nitro groups is 1. The van der Waals surface area contributed by atoms with Gasteiger partial charge in [-0.15, -0.1) is 0 Å². The van der Waals surface area contributed by atoms with Gasteiger partial charge in [-0.25, -0.2) is 8.42 Å². The number of rotatable bonds is 7. The lowest BCUT2D eigenvalue weighted by Crippen LogP contribution is -2.16. The molecule has 0 aliphatic rings. The summed E-state index contributed by atoms with van der Waals surface area (Å²) in [6.45, 7) is 2.97. The fraction of sp³-hybridized carbons (Fsp3) is 0.158. The van der Waals surface area contributed by atoms with Crippen LogP contribution in [0.3, 0.4) is 0 Å². The lowest BCUT2D eigenvalue weighted by atomic mass is 10.1. The lowest BCUT2D eigenvalue weighted by Gasteiger charge is -2.02. The average molecular weight is 473 g/mol. The molecular formula is C19H15N5O6S2. The number of non-ortho nitro benzene ring substituents is 1. The molecule has 2 heterocycles. The monoisotopic (exact) mass is 473 g/mol. The third-order valence-corrected chi connectivity index (χ3v) is 6.80. The molecule has 11 nitrogen and oxygen atoms in total. The van der Waals surface area contributed by atoms with Gasteiger partial charge in [-0.3, -0.25) is 20.2 Å². The molecule has 3 aromatic rings. The van der Waals surface area contributed by atoms with Gasteiger partial charge in [-0.1, -0.05) is 12.1 Å². The number of nitrogens with zero attached hydrogens (tertiary/aromatic N) is 4. The van der Waals surface area contributed by atoms with E-state index in [1.807, 2.05) is 0 Å². The van der Waals surface area contributed by atoms with Crippen LogP contribution in [0.1, 0.15) is 19.6 Å². The van der Waals surface area contributed by atoms with Crippen molar-refractivity contribution in [1.82, 2.24) is 9.36 Å². The molecule has 0 bridgehead atoms. The van der Waals surface area contributed by atoms with E-state index in [1.54, 1.807) is 18.2 Å². The summed E-state index contributed by atoms with van der Waals surface area (Å²) in [6, 6.07) is 10.6. The predicted molar refractivity (Wildman–Crippen MR) is 115 cm³/mol. The van der Waals surface area contributed by atoms with Gasteiger partial charge < -0.3 is 4.42 Å². The van der Waals surface area contributed by atoms with E-state index in [9.17, 15) is 28.6 Å². The van der Waals surface area contributed by atoms with Gasteiger partial charge in [0.1, 0.15) is 23.2 Å². The van der Waals surface area contributed by atoms with Crippen LogP contribution >= 0.6 is 11.5 Å². The molecule has 164 valence electrons. The van der Waals surface area contributed by atoms with Crippen LogP contribution in [0.25, 0.3) is 17.4 Å². The largest absolute Gasteiger partial charge is 0.457 e. The van der Waals surface area contributed by atoms with Gasteiger partial charge >= 0.3 is 0 Å². The van der Waals surface area contributed by atoms with Crippen molar-refractivity contribution in [3.63, 3.8) is 0 Å². The molecule has 0 saturated carbocycles. The summed E-state index contributed by atoms with van der Waals surface area (Å²) in [6.07, 6.45) is 1.18. The topological polar surface area (TPSA) is 169 Å². The van der Waals surface area contributed by atoms with Crippen LogP contribution in [-0.2, 0) is 14.6 Å². The van der Waals surface area contributed by atoms with Gasteiger partial charge in [0, 0.05) is 35.3 Å². The molecule has 1 aromatic carbocycles. The highest BCUT2D eigenvalue weighted by atomic mass is 32.2. The number of aromatic nitrogens is 2. The quantitative estimate of drug-likeness (QED) is 0.234. The molecular weight excluding hydrogens is 458 g/mol. The summed E-state index contributed by atoms with van der Waals surface area (Å²) in [4.78, 5) is 26.6. The number of furan rings is 1. The fourth-order valence-electron chi connectivity index (χ4n) is 2.40. The maximum atomic E-state index is 12.4. The van der Waals surface area contributed by atoms with E-state index in [4.69, 9.17) is 4.42 Å². The first kappa shape index (κ1) is 22.8. The van der Waals surface area contributed by atoms with Crippen molar-refractivity contribution in [2.75, 3.05) is 5.32 Å². The molecule has 2 aromatic heterocycles. The summed E-state index contributed by atoms with van der Waals surface area (Å²) in [5.41, 5.74) is 0.0203. The molecule has 0 aliphatic heterocycles. The number of amides is 1. The molecule has 1 amide bonds.